The van der Waals surface area contributed by atoms with Crippen molar-refractivity contribution >= 4 is 5.82 Å². The van der Waals surface area contributed by atoms with Crippen molar-refractivity contribution in [3.63, 3.8) is 0 Å². The SMILES string of the molecule is Cc1nc(C2CCNCC2)cc(N2CCC(C(O)Cc3ccccc3)CC2)n1. The number of aliphatic hydroxyl groups excluding tert-OH is 1. The monoisotopic (exact) mass is 380 g/mol. The van der Waals surface area contributed by atoms with Gasteiger partial charge in [-0.25, -0.2) is 9.97 Å². The summed E-state index contributed by atoms with van der Waals surface area (Å²) in [6, 6.07) is 12.5. The standard InChI is InChI=1S/C23H32N4O/c1-17-25-21(19-7-11-24-12-8-19)16-23(26-17)27-13-9-20(10-14-27)22(28)15-18-5-3-2-4-6-18/h2-6,16,19-20,22,24,28H,7-15H2,1H3. The van der Waals surface area contributed by atoms with Gasteiger partial charge in [0.15, 0.2) is 0 Å². The smallest absolute Gasteiger partial charge is 0.132 e. The second kappa shape index (κ2) is 9.01. The van der Waals surface area contributed by atoms with Crippen LogP contribution in [0.25, 0.3) is 0 Å². The molecule has 5 nitrogen and oxygen atoms in total. The van der Waals surface area contributed by atoms with Gasteiger partial charge in [-0.1, -0.05) is 30.3 Å². The molecule has 28 heavy (non-hydrogen) atoms. The second-order valence-electron chi connectivity index (χ2n) is 8.30. The summed E-state index contributed by atoms with van der Waals surface area (Å²) in [7, 11) is 0. The van der Waals surface area contributed by atoms with Gasteiger partial charge in [0, 0.05) is 30.8 Å². The number of rotatable bonds is 5. The van der Waals surface area contributed by atoms with Crippen molar-refractivity contribution < 1.29 is 5.11 Å². The van der Waals surface area contributed by atoms with Crippen LogP contribution in [0, 0.1) is 12.8 Å². The van der Waals surface area contributed by atoms with Gasteiger partial charge in [-0.05, 0) is 63.6 Å². The minimum atomic E-state index is -0.262. The Morgan fingerprint density at radius 2 is 1.79 bits per heavy atom. The zero-order valence-electron chi connectivity index (χ0n) is 16.8. The molecule has 1 atom stereocenters. The van der Waals surface area contributed by atoms with Crippen LogP contribution in [-0.4, -0.2) is 47.4 Å². The van der Waals surface area contributed by atoms with E-state index in [9.17, 15) is 5.11 Å². The molecule has 0 aliphatic carbocycles. The van der Waals surface area contributed by atoms with Gasteiger partial charge in [-0.2, -0.15) is 0 Å². The van der Waals surface area contributed by atoms with E-state index in [4.69, 9.17) is 9.97 Å². The maximum Gasteiger partial charge on any atom is 0.132 e. The molecule has 5 heteroatoms. The minimum absolute atomic E-state index is 0.262. The average molecular weight is 381 g/mol. The fourth-order valence-electron chi connectivity index (χ4n) is 4.60. The maximum atomic E-state index is 10.7. The van der Waals surface area contributed by atoms with Gasteiger partial charge in [0.25, 0.3) is 0 Å². The fourth-order valence-corrected chi connectivity index (χ4v) is 4.60. The Hall–Kier alpha value is -1.98. The Labute approximate surface area is 168 Å². The number of hydrogen-bond acceptors (Lipinski definition) is 5. The van der Waals surface area contributed by atoms with E-state index in [1.54, 1.807) is 0 Å². The lowest BCUT2D eigenvalue weighted by Crippen LogP contribution is -2.39. The van der Waals surface area contributed by atoms with E-state index in [-0.39, 0.29) is 6.10 Å². The molecule has 3 heterocycles. The molecule has 2 saturated heterocycles. The number of aromatic nitrogens is 2. The molecule has 0 spiro atoms. The quantitative estimate of drug-likeness (QED) is 0.835. The molecule has 150 valence electrons. The van der Waals surface area contributed by atoms with E-state index in [0.717, 1.165) is 69.9 Å². The lowest BCUT2D eigenvalue weighted by Gasteiger charge is -2.35. The van der Waals surface area contributed by atoms with E-state index < -0.39 is 0 Å². The van der Waals surface area contributed by atoms with Crippen LogP contribution in [0.15, 0.2) is 36.4 Å². The van der Waals surface area contributed by atoms with Crippen LogP contribution in [0.3, 0.4) is 0 Å². The van der Waals surface area contributed by atoms with E-state index in [0.29, 0.717) is 11.8 Å². The number of aryl methyl sites for hydroxylation is 1. The molecular formula is C23H32N4O. The number of aliphatic hydroxyl groups is 1. The molecular weight excluding hydrogens is 348 g/mol. The Morgan fingerprint density at radius 1 is 1.07 bits per heavy atom. The van der Waals surface area contributed by atoms with E-state index in [1.807, 2.05) is 25.1 Å². The predicted octanol–water partition coefficient (Wildman–Crippen LogP) is 3.07. The van der Waals surface area contributed by atoms with Crippen molar-refractivity contribution in [2.45, 2.75) is 51.0 Å². The van der Waals surface area contributed by atoms with Crippen LogP contribution in [-0.2, 0) is 6.42 Å². The first-order chi connectivity index (χ1) is 13.7. The minimum Gasteiger partial charge on any atom is -0.392 e. The predicted molar refractivity (Wildman–Crippen MR) is 113 cm³/mol. The normalized spacial score (nSPS) is 20.3. The number of nitrogens with one attached hydrogen (secondary N) is 1. The van der Waals surface area contributed by atoms with Crippen molar-refractivity contribution in [1.29, 1.82) is 0 Å². The molecule has 0 bridgehead atoms. The first kappa shape index (κ1) is 19.3. The molecule has 2 fully saturated rings. The van der Waals surface area contributed by atoms with Gasteiger partial charge >= 0.3 is 0 Å². The molecule has 1 aromatic carbocycles. The third-order valence-electron chi connectivity index (χ3n) is 6.30. The van der Waals surface area contributed by atoms with Crippen molar-refractivity contribution in [2.75, 3.05) is 31.1 Å². The highest BCUT2D eigenvalue weighted by Crippen LogP contribution is 2.29. The molecule has 2 aliphatic rings. The third kappa shape index (κ3) is 4.70. The van der Waals surface area contributed by atoms with Crippen molar-refractivity contribution in [2.24, 2.45) is 5.92 Å². The Bertz CT molecular complexity index is 752. The highest BCUT2D eigenvalue weighted by Gasteiger charge is 2.27. The molecule has 4 rings (SSSR count). The summed E-state index contributed by atoms with van der Waals surface area (Å²) < 4.78 is 0. The molecule has 1 aromatic heterocycles. The summed E-state index contributed by atoms with van der Waals surface area (Å²) in [6.07, 6.45) is 4.83. The number of hydrogen-bond donors (Lipinski definition) is 2. The van der Waals surface area contributed by atoms with Gasteiger partial charge in [0.2, 0.25) is 0 Å². The summed E-state index contributed by atoms with van der Waals surface area (Å²) in [5, 5.41) is 14.1. The Kier molecular flexibility index (Phi) is 6.23. The second-order valence-corrected chi connectivity index (χ2v) is 8.30. The number of benzene rings is 1. The van der Waals surface area contributed by atoms with Gasteiger partial charge in [-0.15, -0.1) is 0 Å². The molecule has 0 radical (unpaired) electrons. The fraction of sp³-hybridized carbons (Fsp3) is 0.565. The number of nitrogens with zero attached hydrogens (tertiary/aromatic N) is 3. The highest BCUT2D eigenvalue weighted by molar-refractivity contribution is 5.41. The van der Waals surface area contributed by atoms with Crippen molar-refractivity contribution in [3.8, 4) is 0 Å². The van der Waals surface area contributed by atoms with Crippen LogP contribution >= 0.6 is 0 Å². The van der Waals surface area contributed by atoms with Crippen LogP contribution in [0.5, 0.6) is 0 Å². The van der Waals surface area contributed by atoms with E-state index in [1.165, 1.54) is 11.3 Å². The summed E-state index contributed by atoms with van der Waals surface area (Å²) in [6.45, 7) is 6.07. The van der Waals surface area contributed by atoms with E-state index >= 15 is 0 Å². The van der Waals surface area contributed by atoms with Crippen LogP contribution in [0.2, 0.25) is 0 Å². The van der Waals surface area contributed by atoms with Crippen LogP contribution in [0.1, 0.15) is 48.7 Å². The van der Waals surface area contributed by atoms with Gasteiger partial charge in [0.1, 0.15) is 11.6 Å². The largest absolute Gasteiger partial charge is 0.392 e. The van der Waals surface area contributed by atoms with Gasteiger partial charge in [-0.3, -0.25) is 0 Å². The molecule has 2 aliphatic heterocycles. The lowest BCUT2D eigenvalue weighted by molar-refractivity contribution is 0.0929. The highest BCUT2D eigenvalue weighted by atomic mass is 16.3. The van der Waals surface area contributed by atoms with Gasteiger partial charge < -0.3 is 15.3 Å². The summed E-state index contributed by atoms with van der Waals surface area (Å²) >= 11 is 0. The molecule has 0 saturated carbocycles. The first-order valence-corrected chi connectivity index (χ1v) is 10.7. The average Bonchev–Trinajstić information content (AvgIpc) is 2.75. The number of anilines is 1. The first-order valence-electron chi connectivity index (χ1n) is 10.7. The number of piperidine rings is 2. The zero-order valence-corrected chi connectivity index (χ0v) is 16.8. The van der Waals surface area contributed by atoms with Gasteiger partial charge in [0.05, 0.1) is 6.10 Å². The topological polar surface area (TPSA) is 61.3 Å². The van der Waals surface area contributed by atoms with Crippen molar-refractivity contribution in [1.82, 2.24) is 15.3 Å². The zero-order chi connectivity index (χ0) is 19.3. The molecule has 2 N–H and O–H groups in total. The van der Waals surface area contributed by atoms with Crippen LogP contribution < -0.4 is 10.2 Å². The van der Waals surface area contributed by atoms with Crippen molar-refractivity contribution in [3.05, 3.63) is 53.5 Å². The molecule has 1 unspecified atom stereocenters. The summed E-state index contributed by atoms with van der Waals surface area (Å²) in [5.41, 5.74) is 2.42. The summed E-state index contributed by atoms with van der Waals surface area (Å²) in [5.74, 6) is 2.85. The molecule has 2 aromatic rings. The maximum absolute atomic E-state index is 10.7. The Balaban J connectivity index is 1.37. The van der Waals surface area contributed by atoms with Crippen LogP contribution in [0.4, 0.5) is 5.82 Å². The lowest BCUT2D eigenvalue weighted by atomic mass is 9.88. The van der Waals surface area contributed by atoms with E-state index in [2.05, 4.69) is 28.4 Å². The molecule has 0 amide bonds. The summed E-state index contributed by atoms with van der Waals surface area (Å²) in [4.78, 5) is 11.8. The Morgan fingerprint density at radius 3 is 2.50 bits per heavy atom. The third-order valence-corrected chi connectivity index (χ3v) is 6.30.